The highest BCUT2D eigenvalue weighted by Crippen LogP contribution is 2.17. The molecule has 6 heteroatoms. The lowest BCUT2D eigenvalue weighted by Crippen LogP contribution is -2.32. The van der Waals surface area contributed by atoms with E-state index in [4.69, 9.17) is 4.74 Å². The van der Waals surface area contributed by atoms with Gasteiger partial charge in [0.05, 0.1) is 27.3 Å². The second-order valence-electron chi connectivity index (χ2n) is 5.97. The summed E-state index contributed by atoms with van der Waals surface area (Å²) in [5.74, 6) is -1.03. The van der Waals surface area contributed by atoms with Gasteiger partial charge in [-0.05, 0) is 31.0 Å². The lowest BCUT2D eigenvalue weighted by molar-refractivity contribution is -0.125. The highest BCUT2D eigenvalue weighted by molar-refractivity contribution is 7.84. The molecule has 138 valence electrons. The van der Waals surface area contributed by atoms with Crippen molar-refractivity contribution in [3.05, 3.63) is 65.2 Å². The Balaban J connectivity index is 1.96. The second-order valence-corrected chi connectivity index (χ2v) is 7.31. The SMILES string of the molecule is CC[C@H](NC(=O)COC(=O)c1ccccc1[S@@](C)=O)c1ccc(C)cc1. The largest absolute Gasteiger partial charge is 0.452 e. The highest BCUT2D eigenvalue weighted by atomic mass is 32.2. The van der Waals surface area contributed by atoms with Crippen LogP contribution in [0.1, 0.15) is 40.9 Å². The van der Waals surface area contributed by atoms with Gasteiger partial charge < -0.3 is 10.1 Å². The smallest absolute Gasteiger partial charge is 0.339 e. The van der Waals surface area contributed by atoms with Gasteiger partial charge in [0, 0.05) is 6.26 Å². The number of carbonyl (C=O) groups is 2. The van der Waals surface area contributed by atoms with Crippen LogP contribution < -0.4 is 5.32 Å². The number of ether oxygens (including phenoxy) is 1. The van der Waals surface area contributed by atoms with E-state index >= 15 is 0 Å². The van der Waals surface area contributed by atoms with Crippen LogP contribution in [-0.2, 0) is 20.3 Å². The number of amides is 1. The van der Waals surface area contributed by atoms with Crippen LogP contribution in [0.25, 0.3) is 0 Å². The first-order valence-electron chi connectivity index (χ1n) is 8.38. The van der Waals surface area contributed by atoms with E-state index in [0.29, 0.717) is 4.90 Å². The Kier molecular flexibility index (Phi) is 7.09. The summed E-state index contributed by atoms with van der Waals surface area (Å²) in [5, 5.41) is 2.87. The maximum Gasteiger partial charge on any atom is 0.339 e. The quantitative estimate of drug-likeness (QED) is 0.757. The highest BCUT2D eigenvalue weighted by Gasteiger charge is 2.18. The van der Waals surface area contributed by atoms with Gasteiger partial charge in [-0.2, -0.15) is 0 Å². The summed E-state index contributed by atoms with van der Waals surface area (Å²) in [6.07, 6.45) is 2.21. The molecule has 0 aliphatic heterocycles. The fourth-order valence-corrected chi connectivity index (χ4v) is 3.28. The minimum absolute atomic E-state index is 0.141. The molecule has 0 bridgehead atoms. The third kappa shape index (κ3) is 5.26. The molecule has 2 rings (SSSR count). The molecule has 0 aromatic heterocycles. The fraction of sp³-hybridized carbons (Fsp3) is 0.300. The fourth-order valence-electron chi connectivity index (χ4n) is 2.55. The van der Waals surface area contributed by atoms with E-state index in [-0.39, 0.29) is 24.1 Å². The van der Waals surface area contributed by atoms with Crippen LogP contribution in [0.5, 0.6) is 0 Å². The summed E-state index contributed by atoms with van der Waals surface area (Å²) in [6, 6.07) is 14.3. The van der Waals surface area contributed by atoms with Crippen molar-refractivity contribution in [1.29, 1.82) is 0 Å². The summed E-state index contributed by atoms with van der Waals surface area (Å²) in [6.45, 7) is 3.60. The molecular formula is C20H23NO4S. The molecule has 0 fully saturated rings. The first-order chi connectivity index (χ1) is 12.4. The molecule has 2 aromatic carbocycles. The summed E-state index contributed by atoms with van der Waals surface area (Å²) in [4.78, 5) is 24.8. The van der Waals surface area contributed by atoms with Crippen LogP contribution in [0, 0.1) is 6.92 Å². The van der Waals surface area contributed by atoms with E-state index in [1.54, 1.807) is 18.2 Å². The van der Waals surface area contributed by atoms with Crippen molar-refractivity contribution in [1.82, 2.24) is 5.32 Å². The van der Waals surface area contributed by atoms with E-state index in [1.807, 2.05) is 38.1 Å². The molecule has 0 aliphatic carbocycles. The van der Waals surface area contributed by atoms with Crippen molar-refractivity contribution in [3.63, 3.8) is 0 Å². The number of hydrogen-bond donors (Lipinski definition) is 1. The Morgan fingerprint density at radius 1 is 1.12 bits per heavy atom. The summed E-state index contributed by atoms with van der Waals surface area (Å²) < 4.78 is 16.8. The minimum atomic E-state index is -1.31. The molecule has 0 saturated carbocycles. The molecule has 26 heavy (non-hydrogen) atoms. The maximum atomic E-state index is 12.2. The summed E-state index contributed by atoms with van der Waals surface area (Å²) >= 11 is 0. The van der Waals surface area contributed by atoms with Crippen LogP contribution in [0.4, 0.5) is 0 Å². The zero-order chi connectivity index (χ0) is 19.1. The van der Waals surface area contributed by atoms with Crippen molar-refractivity contribution in [2.24, 2.45) is 0 Å². The van der Waals surface area contributed by atoms with Crippen molar-refractivity contribution in [2.45, 2.75) is 31.2 Å². The Labute approximate surface area is 156 Å². The molecule has 2 atom stereocenters. The Morgan fingerprint density at radius 2 is 1.77 bits per heavy atom. The van der Waals surface area contributed by atoms with Crippen LogP contribution in [0.15, 0.2) is 53.4 Å². The molecule has 0 spiro atoms. The number of carbonyl (C=O) groups excluding carboxylic acids is 2. The molecule has 0 unspecified atom stereocenters. The van der Waals surface area contributed by atoms with E-state index in [2.05, 4.69) is 5.32 Å². The number of esters is 1. The molecule has 5 nitrogen and oxygen atoms in total. The third-order valence-electron chi connectivity index (χ3n) is 3.97. The Hall–Kier alpha value is -2.47. The number of rotatable bonds is 7. The van der Waals surface area contributed by atoms with Gasteiger partial charge in [-0.1, -0.05) is 48.9 Å². The first kappa shape index (κ1) is 19.8. The number of hydrogen-bond acceptors (Lipinski definition) is 4. The molecule has 0 heterocycles. The molecule has 1 amide bonds. The van der Waals surface area contributed by atoms with Crippen LogP contribution in [0.3, 0.4) is 0 Å². The van der Waals surface area contributed by atoms with E-state index in [9.17, 15) is 13.8 Å². The summed E-state index contributed by atoms with van der Waals surface area (Å²) in [5.41, 5.74) is 2.37. The van der Waals surface area contributed by atoms with Crippen molar-refractivity contribution in [2.75, 3.05) is 12.9 Å². The summed E-state index contributed by atoms with van der Waals surface area (Å²) in [7, 11) is -1.31. The van der Waals surface area contributed by atoms with Crippen LogP contribution >= 0.6 is 0 Å². The molecule has 1 N–H and O–H groups in total. The lowest BCUT2D eigenvalue weighted by Gasteiger charge is -2.18. The van der Waals surface area contributed by atoms with E-state index < -0.39 is 16.8 Å². The average molecular weight is 373 g/mol. The van der Waals surface area contributed by atoms with E-state index in [0.717, 1.165) is 17.5 Å². The normalized spacial score (nSPS) is 12.9. The van der Waals surface area contributed by atoms with Crippen molar-refractivity contribution >= 4 is 22.7 Å². The van der Waals surface area contributed by atoms with Gasteiger partial charge in [0.15, 0.2) is 6.61 Å². The average Bonchev–Trinajstić information content (AvgIpc) is 2.65. The zero-order valence-electron chi connectivity index (χ0n) is 15.2. The van der Waals surface area contributed by atoms with Gasteiger partial charge in [-0.25, -0.2) is 4.79 Å². The second kappa shape index (κ2) is 9.29. The first-order valence-corrected chi connectivity index (χ1v) is 9.93. The van der Waals surface area contributed by atoms with Gasteiger partial charge >= 0.3 is 5.97 Å². The lowest BCUT2D eigenvalue weighted by atomic mass is 10.0. The van der Waals surface area contributed by atoms with Crippen LogP contribution in [-0.4, -0.2) is 28.9 Å². The molecule has 0 aliphatic rings. The standard InChI is InChI=1S/C20H23NO4S/c1-4-17(15-11-9-14(2)10-12-15)21-19(22)13-25-20(23)16-7-5-6-8-18(16)26(3)24/h5-12,17H,4,13H2,1-3H3,(H,21,22)/t17-,26+/m0/s1. The van der Waals surface area contributed by atoms with Crippen molar-refractivity contribution < 1.29 is 18.5 Å². The van der Waals surface area contributed by atoms with Gasteiger partial charge in [-0.15, -0.1) is 0 Å². The zero-order valence-corrected chi connectivity index (χ0v) is 16.0. The number of aryl methyl sites for hydroxylation is 1. The predicted molar refractivity (Wildman–Crippen MR) is 101 cm³/mol. The molecule has 2 aromatic rings. The van der Waals surface area contributed by atoms with Crippen LogP contribution in [0.2, 0.25) is 0 Å². The maximum absolute atomic E-state index is 12.2. The number of nitrogens with one attached hydrogen (secondary N) is 1. The topological polar surface area (TPSA) is 72.5 Å². The molecular weight excluding hydrogens is 350 g/mol. The molecule has 0 radical (unpaired) electrons. The predicted octanol–water partition coefficient (Wildman–Crippen LogP) is 3.16. The van der Waals surface area contributed by atoms with Gasteiger partial charge in [0.1, 0.15) is 0 Å². The Bertz CT molecular complexity index is 802. The van der Waals surface area contributed by atoms with Gasteiger partial charge in [-0.3, -0.25) is 9.00 Å². The third-order valence-corrected chi connectivity index (χ3v) is 4.95. The minimum Gasteiger partial charge on any atom is -0.452 e. The number of benzene rings is 2. The van der Waals surface area contributed by atoms with Crippen molar-refractivity contribution in [3.8, 4) is 0 Å². The van der Waals surface area contributed by atoms with Gasteiger partial charge in [0.25, 0.3) is 5.91 Å². The van der Waals surface area contributed by atoms with E-state index in [1.165, 1.54) is 12.3 Å². The van der Waals surface area contributed by atoms with Gasteiger partial charge in [0.2, 0.25) is 0 Å². The molecule has 0 saturated heterocycles. The Morgan fingerprint density at radius 3 is 2.38 bits per heavy atom. The monoisotopic (exact) mass is 373 g/mol.